The summed E-state index contributed by atoms with van der Waals surface area (Å²) < 4.78 is 16.1. The molecule has 5 aliphatic heterocycles. The molecule has 2 N–H and O–H groups in total. The lowest BCUT2D eigenvalue weighted by Gasteiger charge is -2.50. The van der Waals surface area contributed by atoms with Crippen molar-refractivity contribution in [1.82, 2.24) is 40.2 Å². The minimum absolute atomic E-state index is 0.0477. The zero-order valence-electron chi connectivity index (χ0n) is 35.9. The molecule has 3 amide bonds. The summed E-state index contributed by atoms with van der Waals surface area (Å²) in [5, 5.41) is 11.4. The number of hydrogen-bond donors (Lipinski definition) is 2. The Labute approximate surface area is 357 Å². The summed E-state index contributed by atoms with van der Waals surface area (Å²) in [5.74, 6) is 0.645. The molecular formula is C47H59FN10O3. The number of aromatic amines is 1. The van der Waals surface area contributed by atoms with E-state index in [9.17, 15) is 14.4 Å². The lowest BCUT2D eigenvalue weighted by molar-refractivity contribution is -0.136. The fraction of sp³-hybridized carbons (Fsp3) is 0.574. The number of imide groups is 1. The monoisotopic (exact) mass is 830 g/mol. The van der Waals surface area contributed by atoms with E-state index in [0.29, 0.717) is 34.1 Å². The number of carbonyl (C=O) groups excluding carboxylic acids is 3. The van der Waals surface area contributed by atoms with E-state index in [2.05, 4.69) is 80.0 Å². The molecule has 1 atom stereocenters. The lowest BCUT2D eigenvalue weighted by Crippen LogP contribution is -2.61. The van der Waals surface area contributed by atoms with Crippen LogP contribution >= 0.6 is 0 Å². The van der Waals surface area contributed by atoms with Crippen molar-refractivity contribution in [2.75, 3.05) is 68.7 Å². The predicted octanol–water partition coefficient (Wildman–Crippen LogP) is 5.79. The number of nitrogens with zero attached hydrogens (tertiary/aromatic N) is 8. The summed E-state index contributed by atoms with van der Waals surface area (Å²) >= 11 is 0. The molecule has 6 aliphatic rings. The second-order valence-electron chi connectivity index (χ2n) is 19.9. The quantitative estimate of drug-likeness (QED) is 0.189. The molecule has 2 aromatic heterocycles. The molecule has 0 bridgehead atoms. The van der Waals surface area contributed by atoms with Gasteiger partial charge in [0.05, 0.1) is 23.4 Å². The first-order valence-corrected chi connectivity index (χ1v) is 22.6. The molecule has 0 spiro atoms. The Kier molecular flexibility index (Phi) is 10.4. The molecule has 1 aliphatic carbocycles. The first-order valence-electron chi connectivity index (χ1n) is 22.6. The van der Waals surface area contributed by atoms with Gasteiger partial charge >= 0.3 is 0 Å². The first-order chi connectivity index (χ1) is 29.4. The van der Waals surface area contributed by atoms with Gasteiger partial charge in [-0.3, -0.25) is 34.6 Å². The average Bonchev–Trinajstić information content (AvgIpc) is 3.66. The van der Waals surface area contributed by atoms with E-state index in [1.807, 2.05) is 0 Å². The van der Waals surface area contributed by atoms with Gasteiger partial charge in [-0.15, -0.1) is 0 Å². The summed E-state index contributed by atoms with van der Waals surface area (Å²) in [5.41, 5.74) is 5.89. The average molecular weight is 831 g/mol. The second-order valence-corrected chi connectivity index (χ2v) is 19.9. The zero-order valence-corrected chi connectivity index (χ0v) is 35.9. The number of benzene rings is 2. The molecule has 10 rings (SSSR count). The van der Waals surface area contributed by atoms with Crippen LogP contribution < -0.4 is 15.1 Å². The van der Waals surface area contributed by atoms with Crippen molar-refractivity contribution in [2.24, 2.45) is 17.3 Å². The smallest absolute Gasteiger partial charge is 0.255 e. The van der Waals surface area contributed by atoms with Gasteiger partial charge in [-0.05, 0) is 112 Å². The van der Waals surface area contributed by atoms with Crippen LogP contribution in [0.15, 0.2) is 42.7 Å². The van der Waals surface area contributed by atoms with Crippen LogP contribution in [0.3, 0.4) is 0 Å². The van der Waals surface area contributed by atoms with Crippen molar-refractivity contribution in [3.63, 3.8) is 0 Å². The van der Waals surface area contributed by atoms with Crippen molar-refractivity contribution in [3.8, 4) is 11.4 Å². The number of amides is 3. The van der Waals surface area contributed by atoms with Crippen molar-refractivity contribution in [1.29, 1.82) is 0 Å². The Hall–Kier alpha value is -4.95. The Bertz CT molecular complexity index is 2340. The van der Waals surface area contributed by atoms with E-state index in [-0.39, 0.29) is 42.6 Å². The molecule has 322 valence electrons. The van der Waals surface area contributed by atoms with Gasteiger partial charge in [-0.1, -0.05) is 13.0 Å². The third kappa shape index (κ3) is 8.01. The molecule has 1 unspecified atom stereocenters. The molecule has 4 aromatic rings. The molecule has 14 heteroatoms. The van der Waals surface area contributed by atoms with Gasteiger partial charge in [-0.2, -0.15) is 5.10 Å². The number of rotatable bonds is 10. The van der Waals surface area contributed by atoms with Crippen molar-refractivity contribution in [2.45, 2.75) is 96.7 Å². The largest absolute Gasteiger partial charge is 0.369 e. The number of halogens is 1. The van der Waals surface area contributed by atoms with Gasteiger partial charge in [0.15, 0.2) is 5.82 Å². The van der Waals surface area contributed by atoms with Crippen LogP contribution in [0.4, 0.5) is 15.9 Å². The van der Waals surface area contributed by atoms with Crippen molar-refractivity contribution >= 4 is 40.1 Å². The second kappa shape index (κ2) is 15.7. The van der Waals surface area contributed by atoms with E-state index >= 15 is 4.39 Å². The van der Waals surface area contributed by atoms with Gasteiger partial charge in [0.25, 0.3) is 5.91 Å². The van der Waals surface area contributed by atoms with Crippen LogP contribution in [0.2, 0.25) is 0 Å². The summed E-state index contributed by atoms with van der Waals surface area (Å²) in [4.78, 5) is 58.1. The van der Waals surface area contributed by atoms with Gasteiger partial charge in [-0.25, -0.2) is 14.4 Å². The normalized spacial score (nSPS) is 23.8. The summed E-state index contributed by atoms with van der Waals surface area (Å²) in [6.45, 7) is 16.1. The molecule has 2 aromatic carbocycles. The van der Waals surface area contributed by atoms with Crippen LogP contribution in [0.25, 0.3) is 22.3 Å². The Morgan fingerprint density at radius 3 is 2.33 bits per heavy atom. The van der Waals surface area contributed by atoms with Crippen LogP contribution in [-0.2, 0) is 22.6 Å². The maximum atomic E-state index is 16.1. The van der Waals surface area contributed by atoms with Crippen LogP contribution in [0.1, 0.15) is 93.6 Å². The van der Waals surface area contributed by atoms with E-state index in [1.165, 1.54) is 23.3 Å². The maximum Gasteiger partial charge on any atom is 0.255 e. The Morgan fingerprint density at radius 1 is 0.836 bits per heavy atom. The van der Waals surface area contributed by atoms with Crippen molar-refractivity contribution in [3.05, 3.63) is 65.2 Å². The minimum atomic E-state index is -0.754. The fourth-order valence-corrected chi connectivity index (χ4v) is 10.9. The minimum Gasteiger partial charge on any atom is -0.369 e. The van der Waals surface area contributed by atoms with Crippen LogP contribution in [0, 0.1) is 23.1 Å². The molecule has 0 radical (unpaired) electrons. The molecular weight excluding hydrogens is 772 g/mol. The molecule has 1 saturated carbocycles. The SMILES string of the molecule is CC1(Cc2ccc3[nH]nc(-c4cc(N5CCC(CN6CCN(CC7CCN(c8ccc9c(c8F)CN(C8CCC(=O)NC8=O)C9=O)CC7)C(C)(C)C6)CC5)ncn4)c3c2)CC1. The highest BCUT2D eigenvalue weighted by molar-refractivity contribution is 6.05. The number of aromatic nitrogens is 4. The standard InChI is InChI=1S/C47H59FN10O3/c1-46(2)28-54(25-30-12-18-56(19-13-30)40-23-37(49-29-50-40)43-34-22-32(24-47(3)14-15-47)4-6-36(34)52-53-43)20-21-57(46)26-31-10-16-55(17-11-31)38-7-5-33-35(42(38)48)27-58(45(33)61)39-8-9-41(59)51-44(39)60/h4-7,22-23,29-31,39H,8-21,24-28H2,1-3H3,(H,52,53)(H,51,59,60). The number of nitrogens with one attached hydrogen (secondary N) is 2. The van der Waals surface area contributed by atoms with Gasteiger partial charge in [0, 0.05) is 93.4 Å². The fourth-order valence-electron chi connectivity index (χ4n) is 10.9. The molecule has 5 fully saturated rings. The third-order valence-electron chi connectivity index (χ3n) is 14.9. The van der Waals surface area contributed by atoms with Gasteiger partial charge in [0.1, 0.15) is 23.9 Å². The van der Waals surface area contributed by atoms with E-state index < -0.39 is 11.9 Å². The number of carbonyl (C=O) groups is 3. The summed E-state index contributed by atoms with van der Waals surface area (Å²) in [6.07, 6.45) is 10.1. The summed E-state index contributed by atoms with van der Waals surface area (Å²) in [6, 6.07) is 11.5. The van der Waals surface area contributed by atoms with E-state index in [4.69, 9.17) is 10.1 Å². The highest BCUT2D eigenvalue weighted by Gasteiger charge is 2.42. The highest BCUT2D eigenvalue weighted by atomic mass is 19.1. The lowest BCUT2D eigenvalue weighted by atomic mass is 9.90. The first kappa shape index (κ1) is 40.1. The van der Waals surface area contributed by atoms with E-state index in [1.54, 1.807) is 18.5 Å². The topological polar surface area (TPSA) is 134 Å². The van der Waals surface area contributed by atoms with Crippen LogP contribution in [-0.4, -0.2) is 123 Å². The Morgan fingerprint density at radius 2 is 1.59 bits per heavy atom. The highest BCUT2D eigenvalue weighted by Crippen LogP contribution is 2.48. The molecule has 7 heterocycles. The molecule has 61 heavy (non-hydrogen) atoms. The summed E-state index contributed by atoms with van der Waals surface area (Å²) in [7, 11) is 0. The number of piperazine rings is 1. The number of anilines is 2. The number of piperidine rings is 3. The predicted molar refractivity (Wildman–Crippen MR) is 233 cm³/mol. The third-order valence-corrected chi connectivity index (χ3v) is 14.9. The number of H-pyrrole nitrogens is 1. The van der Waals surface area contributed by atoms with Gasteiger partial charge in [0.2, 0.25) is 11.8 Å². The zero-order chi connectivity index (χ0) is 42.0. The van der Waals surface area contributed by atoms with Gasteiger partial charge < -0.3 is 14.7 Å². The van der Waals surface area contributed by atoms with Crippen molar-refractivity contribution < 1.29 is 18.8 Å². The molecule has 13 nitrogen and oxygen atoms in total. The number of fused-ring (bicyclic) bond motifs is 2. The van der Waals surface area contributed by atoms with Crippen LogP contribution in [0.5, 0.6) is 0 Å². The molecule has 4 saturated heterocycles. The number of hydrogen-bond acceptors (Lipinski definition) is 10. The Balaban J connectivity index is 0.693. The van der Waals surface area contributed by atoms with E-state index in [0.717, 1.165) is 119 Å². The maximum absolute atomic E-state index is 16.1.